The average molecular weight is 352 g/mol. The predicted octanol–water partition coefficient (Wildman–Crippen LogP) is 4.73. The van der Waals surface area contributed by atoms with E-state index in [2.05, 4.69) is 15.9 Å². The molecule has 130 valence electrons. The van der Waals surface area contributed by atoms with Gasteiger partial charge in [-0.15, -0.1) is 0 Å². The van der Waals surface area contributed by atoms with Crippen LogP contribution >= 0.6 is 0 Å². The van der Waals surface area contributed by atoms with Crippen molar-refractivity contribution in [1.82, 2.24) is 0 Å². The summed E-state index contributed by atoms with van der Waals surface area (Å²) in [7, 11) is 0. The molecule has 5 heteroatoms. The Kier molecular flexibility index (Phi) is 5.47. The third-order valence-electron chi connectivity index (χ3n) is 3.85. The van der Waals surface area contributed by atoms with Crippen LogP contribution in [-0.2, 0) is 6.61 Å². The second-order valence-corrected chi connectivity index (χ2v) is 5.75. The van der Waals surface area contributed by atoms with Gasteiger partial charge in [0, 0.05) is 5.56 Å². The molecule has 3 rings (SSSR count). The quantitative estimate of drug-likeness (QED) is 0.410. The van der Waals surface area contributed by atoms with E-state index in [-0.39, 0.29) is 0 Å². The van der Waals surface area contributed by atoms with Crippen molar-refractivity contribution in [2.45, 2.75) is 6.61 Å². The third-order valence-corrected chi connectivity index (χ3v) is 3.85. The van der Waals surface area contributed by atoms with E-state index in [4.69, 9.17) is 22.3 Å². The molecule has 0 fully saturated rings. The van der Waals surface area contributed by atoms with Gasteiger partial charge in [0.2, 0.25) is 0 Å². The number of ether oxygens (including phenoxy) is 1. The van der Waals surface area contributed by atoms with Crippen LogP contribution in [0.3, 0.4) is 0 Å². The summed E-state index contributed by atoms with van der Waals surface area (Å²) < 4.78 is 5.81. The van der Waals surface area contributed by atoms with Gasteiger partial charge in [0.25, 0.3) is 0 Å². The first-order valence-electron chi connectivity index (χ1n) is 8.22. The van der Waals surface area contributed by atoms with Gasteiger partial charge in [-0.3, -0.25) is 0 Å². The van der Waals surface area contributed by atoms with E-state index in [1.54, 1.807) is 36.4 Å². The van der Waals surface area contributed by atoms with Gasteiger partial charge in [0.05, 0.1) is 23.9 Å². The van der Waals surface area contributed by atoms with Crippen LogP contribution in [0, 0.1) is 17.9 Å². The number of amidine groups is 1. The normalized spacial score (nSPS) is 10.7. The van der Waals surface area contributed by atoms with Crippen molar-refractivity contribution < 1.29 is 4.74 Å². The van der Waals surface area contributed by atoms with Gasteiger partial charge < -0.3 is 10.5 Å². The lowest BCUT2D eigenvalue weighted by atomic mass is 10.1. The van der Waals surface area contributed by atoms with Crippen molar-refractivity contribution in [2.24, 2.45) is 10.7 Å². The number of aliphatic imine (C=N–C) groups is 1. The smallest absolute Gasteiger partial charge is 0.187 e. The minimum absolute atomic E-state index is 0.370. The Labute approximate surface area is 157 Å². The maximum Gasteiger partial charge on any atom is 0.187 e. The molecule has 0 aliphatic carbocycles. The van der Waals surface area contributed by atoms with Gasteiger partial charge in [-0.1, -0.05) is 36.4 Å². The fourth-order valence-electron chi connectivity index (χ4n) is 2.39. The molecule has 5 nitrogen and oxygen atoms in total. The molecule has 0 aromatic heterocycles. The van der Waals surface area contributed by atoms with Crippen LogP contribution in [0.15, 0.2) is 77.8 Å². The minimum Gasteiger partial charge on any atom is -0.489 e. The van der Waals surface area contributed by atoms with Crippen molar-refractivity contribution in [3.63, 3.8) is 0 Å². The Bertz CT molecular complexity index is 1040. The van der Waals surface area contributed by atoms with E-state index in [1.807, 2.05) is 36.4 Å². The van der Waals surface area contributed by atoms with E-state index >= 15 is 0 Å². The van der Waals surface area contributed by atoms with Crippen LogP contribution < -0.4 is 10.5 Å². The molecule has 0 saturated heterocycles. The summed E-state index contributed by atoms with van der Waals surface area (Å²) in [5, 5.41) is 8.83. The summed E-state index contributed by atoms with van der Waals surface area (Å²) in [6.07, 6.45) is 0. The first-order valence-corrected chi connectivity index (χ1v) is 8.22. The molecular weight excluding hydrogens is 336 g/mol. The highest BCUT2D eigenvalue weighted by Gasteiger charge is 2.03. The minimum atomic E-state index is 0.370. The van der Waals surface area contributed by atoms with Crippen molar-refractivity contribution in [1.29, 1.82) is 5.26 Å². The molecule has 0 atom stereocenters. The van der Waals surface area contributed by atoms with E-state index in [0.29, 0.717) is 35.1 Å². The number of hydrogen-bond donors (Lipinski definition) is 1. The molecule has 0 aliphatic rings. The monoisotopic (exact) mass is 352 g/mol. The summed E-state index contributed by atoms with van der Waals surface area (Å²) in [6.45, 7) is 7.37. The molecule has 2 N–H and O–H groups in total. The molecule has 0 amide bonds. The first-order chi connectivity index (χ1) is 13.2. The lowest BCUT2D eigenvalue weighted by Crippen LogP contribution is -2.12. The highest BCUT2D eigenvalue weighted by atomic mass is 16.5. The molecule has 3 aromatic carbocycles. The molecule has 0 aliphatic heterocycles. The number of rotatable bonds is 5. The molecular formula is C22H16N4O. The van der Waals surface area contributed by atoms with Crippen LogP contribution in [0.5, 0.6) is 5.75 Å². The van der Waals surface area contributed by atoms with Crippen molar-refractivity contribution in [2.75, 3.05) is 0 Å². The Morgan fingerprint density at radius 3 is 2.48 bits per heavy atom. The maximum atomic E-state index is 8.83. The number of benzene rings is 3. The van der Waals surface area contributed by atoms with E-state index in [9.17, 15) is 0 Å². The molecule has 0 radical (unpaired) electrons. The zero-order chi connectivity index (χ0) is 19.1. The van der Waals surface area contributed by atoms with Gasteiger partial charge >= 0.3 is 0 Å². The standard InChI is InChI=1S/C22H16N4O/c1-25-19-9-11-20(12-10-19)26-22(24)18-3-2-4-21(13-18)27-15-17-7-5-16(14-23)6-8-17/h2-13H,15H2,(H2,24,26). The van der Waals surface area contributed by atoms with Gasteiger partial charge in [-0.2, -0.15) is 5.26 Å². The summed E-state index contributed by atoms with van der Waals surface area (Å²) in [4.78, 5) is 7.74. The zero-order valence-electron chi connectivity index (χ0n) is 14.5. The van der Waals surface area contributed by atoms with Crippen molar-refractivity contribution >= 4 is 17.2 Å². The second kappa shape index (κ2) is 8.33. The predicted molar refractivity (Wildman–Crippen MR) is 105 cm³/mol. The Morgan fingerprint density at radius 2 is 1.81 bits per heavy atom. The third kappa shape index (κ3) is 4.72. The summed E-state index contributed by atoms with van der Waals surface area (Å²) in [5.74, 6) is 1.05. The molecule has 0 spiro atoms. The fraction of sp³-hybridized carbons (Fsp3) is 0.0455. The largest absolute Gasteiger partial charge is 0.489 e. The maximum absolute atomic E-state index is 8.83. The number of nitrogens with two attached hydrogens (primary N) is 1. The zero-order valence-corrected chi connectivity index (χ0v) is 14.5. The lowest BCUT2D eigenvalue weighted by Gasteiger charge is -2.08. The van der Waals surface area contributed by atoms with Crippen LogP contribution in [0.2, 0.25) is 0 Å². The first kappa shape index (κ1) is 17.7. The molecule has 0 saturated carbocycles. The second-order valence-electron chi connectivity index (χ2n) is 5.75. The highest BCUT2D eigenvalue weighted by molar-refractivity contribution is 5.99. The van der Waals surface area contributed by atoms with Gasteiger partial charge in [-0.05, 0) is 42.0 Å². The lowest BCUT2D eigenvalue weighted by molar-refractivity contribution is 0.306. The van der Waals surface area contributed by atoms with Crippen LogP contribution in [0.4, 0.5) is 11.4 Å². The van der Waals surface area contributed by atoms with E-state index in [1.165, 1.54) is 0 Å². The molecule has 3 aromatic rings. The van der Waals surface area contributed by atoms with Gasteiger partial charge in [0.15, 0.2) is 5.69 Å². The van der Waals surface area contributed by atoms with Crippen molar-refractivity contribution in [3.8, 4) is 11.8 Å². The molecule has 0 heterocycles. The van der Waals surface area contributed by atoms with E-state index < -0.39 is 0 Å². The van der Waals surface area contributed by atoms with E-state index in [0.717, 1.165) is 11.1 Å². The topological polar surface area (TPSA) is 75.8 Å². The number of nitrogens with zero attached hydrogens (tertiary/aromatic N) is 3. The summed E-state index contributed by atoms with van der Waals surface area (Å²) >= 11 is 0. The molecule has 0 bridgehead atoms. The van der Waals surface area contributed by atoms with Crippen LogP contribution in [0.1, 0.15) is 16.7 Å². The molecule has 0 unspecified atom stereocenters. The molecule has 27 heavy (non-hydrogen) atoms. The van der Waals surface area contributed by atoms with Gasteiger partial charge in [-0.25, -0.2) is 9.84 Å². The number of hydrogen-bond acceptors (Lipinski definition) is 3. The highest BCUT2D eigenvalue weighted by Crippen LogP contribution is 2.20. The van der Waals surface area contributed by atoms with Crippen molar-refractivity contribution in [3.05, 3.63) is 101 Å². The average Bonchev–Trinajstić information content (AvgIpc) is 2.73. The Morgan fingerprint density at radius 1 is 1.07 bits per heavy atom. The van der Waals surface area contributed by atoms with Crippen LogP contribution in [-0.4, -0.2) is 5.84 Å². The Hall–Kier alpha value is -4.09. The Balaban J connectivity index is 1.71. The van der Waals surface area contributed by atoms with Gasteiger partial charge in [0.1, 0.15) is 18.2 Å². The number of nitriles is 1. The SMILES string of the molecule is [C-]#[N+]c1ccc(N=C(N)c2cccc(OCc3ccc(C#N)cc3)c2)cc1. The summed E-state index contributed by atoms with van der Waals surface area (Å²) in [5.41, 5.74) is 9.70. The summed E-state index contributed by atoms with van der Waals surface area (Å²) in [6, 6.07) is 23.7. The fourth-order valence-corrected chi connectivity index (χ4v) is 2.39. The van der Waals surface area contributed by atoms with Crippen LogP contribution in [0.25, 0.3) is 4.85 Å².